The number of sulfonamides is 1. The van der Waals surface area contributed by atoms with E-state index in [0.29, 0.717) is 43.9 Å². The smallest absolute Gasteiger partial charge is 0.251 e. The summed E-state index contributed by atoms with van der Waals surface area (Å²) in [6.45, 7) is 7.60. The molecular weight excluding hydrogens is 398 g/mol. The fourth-order valence-corrected chi connectivity index (χ4v) is 5.27. The van der Waals surface area contributed by atoms with Crippen molar-refractivity contribution in [2.45, 2.75) is 26.3 Å². The van der Waals surface area contributed by atoms with E-state index >= 15 is 0 Å². The van der Waals surface area contributed by atoms with Crippen LogP contribution in [0.4, 0.5) is 0 Å². The molecule has 1 fully saturated rings. The van der Waals surface area contributed by atoms with Gasteiger partial charge in [0.1, 0.15) is 5.75 Å². The second-order valence-corrected chi connectivity index (χ2v) is 9.72. The highest BCUT2D eigenvalue weighted by molar-refractivity contribution is 7.88. The molecule has 1 aliphatic heterocycles. The number of hydrogen-bond donors (Lipinski definition) is 0. The molecule has 152 valence electrons. The van der Waals surface area contributed by atoms with Crippen LogP contribution in [-0.4, -0.2) is 49.1 Å². The number of thiazole rings is 1. The molecule has 9 heteroatoms. The molecular formula is C19H25N3O4S2. The molecule has 0 spiro atoms. The number of benzene rings is 1. The minimum absolute atomic E-state index is 0.192. The number of fused-ring (bicyclic) bond motifs is 1. The number of ether oxygens (including phenoxy) is 1. The van der Waals surface area contributed by atoms with E-state index in [9.17, 15) is 13.2 Å². The monoisotopic (exact) mass is 423 g/mol. The van der Waals surface area contributed by atoms with Crippen LogP contribution < -0.4 is 9.54 Å². The number of aromatic nitrogens is 1. The van der Waals surface area contributed by atoms with Gasteiger partial charge in [-0.15, -0.1) is 6.58 Å². The number of amides is 1. The largest absolute Gasteiger partial charge is 0.494 e. The summed E-state index contributed by atoms with van der Waals surface area (Å²) in [4.78, 5) is 17.7. The summed E-state index contributed by atoms with van der Waals surface area (Å²) in [6.07, 6.45) is 3.97. The Kier molecular flexibility index (Phi) is 6.36. The molecule has 1 amide bonds. The van der Waals surface area contributed by atoms with Crippen molar-refractivity contribution in [3.63, 3.8) is 0 Å². The average molecular weight is 424 g/mol. The van der Waals surface area contributed by atoms with Gasteiger partial charge < -0.3 is 9.30 Å². The van der Waals surface area contributed by atoms with Gasteiger partial charge in [0.25, 0.3) is 5.91 Å². The van der Waals surface area contributed by atoms with Crippen LogP contribution in [0.1, 0.15) is 19.8 Å². The molecule has 0 bridgehead atoms. The summed E-state index contributed by atoms with van der Waals surface area (Å²) in [7, 11) is -3.21. The second-order valence-electron chi connectivity index (χ2n) is 6.73. The number of rotatable bonds is 6. The maximum Gasteiger partial charge on any atom is 0.251 e. The molecule has 0 aliphatic carbocycles. The van der Waals surface area contributed by atoms with Crippen molar-refractivity contribution in [1.29, 1.82) is 0 Å². The van der Waals surface area contributed by atoms with Gasteiger partial charge in [0.15, 0.2) is 4.80 Å². The first-order valence-electron chi connectivity index (χ1n) is 9.24. The Morgan fingerprint density at radius 2 is 2.11 bits per heavy atom. The Labute approximate surface area is 169 Å². The Balaban J connectivity index is 1.89. The Morgan fingerprint density at radius 3 is 2.71 bits per heavy atom. The molecule has 7 nitrogen and oxygen atoms in total. The normalized spacial score (nSPS) is 17.1. The van der Waals surface area contributed by atoms with Crippen LogP contribution in [0.2, 0.25) is 0 Å². The summed E-state index contributed by atoms with van der Waals surface area (Å²) in [5, 5.41) is 0. The highest BCUT2D eigenvalue weighted by Crippen LogP contribution is 2.24. The predicted octanol–water partition coefficient (Wildman–Crippen LogP) is 2.39. The zero-order chi connectivity index (χ0) is 20.3. The van der Waals surface area contributed by atoms with Crippen LogP contribution in [-0.2, 0) is 21.4 Å². The standard InChI is InChI=1S/C19H25N3O4S2/c1-4-10-22-16-7-6-15(26-5-2)13-17(16)27-19(22)20-18(23)14-8-11-21(12-9-14)28(3,24)25/h4,6-7,13-14H,1,5,8-12H2,2-3H3. The van der Waals surface area contributed by atoms with Crippen LogP contribution in [0.3, 0.4) is 0 Å². The van der Waals surface area contributed by atoms with E-state index in [1.165, 1.54) is 21.9 Å². The third-order valence-electron chi connectivity index (χ3n) is 4.75. The molecule has 0 N–H and O–H groups in total. The lowest BCUT2D eigenvalue weighted by Gasteiger charge is -2.28. The van der Waals surface area contributed by atoms with E-state index in [0.717, 1.165) is 16.0 Å². The minimum Gasteiger partial charge on any atom is -0.494 e. The number of carbonyl (C=O) groups excluding carboxylic acids is 1. The topological polar surface area (TPSA) is 81.0 Å². The van der Waals surface area contributed by atoms with Crippen LogP contribution in [0, 0.1) is 5.92 Å². The van der Waals surface area contributed by atoms with Crippen molar-refractivity contribution >= 4 is 37.5 Å². The minimum atomic E-state index is -3.21. The molecule has 0 atom stereocenters. The van der Waals surface area contributed by atoms with E-state index in [1.807, 2.05) is 29.7 Å². The Hall–Kier alpha value is -1.97. The van der Waals surface area contributed by atoms with Crippen molar-refractivity contribution in [2.75, 3.05) is 26.0 Å². The summed E-state index contributed by atoms with van der Waals surface area (Å²) in [5.41, 5.74) is 0.979. The van der Waals surface area contributed by atoms with Gasteiger partial charge in [0.2, 0.25) is 10.0 Å². The van der Waals surface area contributed by atoms with E-state index in [1.54, 1.807) is 6.08 Å². The quantitative estimate of drug-likeness (QED) is 0.668. The Bertz CT molecular complexity index is 1040. The van der Waals surface area contributed by atoms with Crippen LogP contribution >= 0.6 is 11.3 Å². The van der Waals surface area contributed by atoms with Crippen molar-refractivity contribution in [3.05, 3.63) is 35.7 Å². The molecule has 0 radical (unpaired) electrons. The lowest BCUT2D eigenvalue weighted by molar-refractivity contribution is -0.122. The summed E-state index contributed by atoms with van der Waals surface area (Å²) >= 11 is 1.44. The lowest BCUT2D eigenvalue weighted by atomic mass is 9.98. The molecule has 1 aromatic heterocycles. The third-order valence-corrected chi connectivity index (χ3v) is 7.10. The van der Waals surface area contributed by atoms with Crippen molar-refractivity contribution in [3.8, 4) is 5.75 Å². The van der Waals surface area contributed by atoms with E-state index in [-0.39, 0.29) is 11.8 Å². The van der Waals surface area contributed by atoms with Crippen molar-refractivity contribution < 1.29 is 17.9 Å². The summed E-state index contributed by atoms with van der Waals surface area (Å²) < 4.78 is 33.2. The van der Waals surface area contributed by atoms with E-state index in [4.69, 9.17) is 4.74 Å². The van der Waals surface area contributed by atoms with Gasteiger partial charge >= 0.3 is 0 Å². The zero-order valence-electron chi connectivity index (χ0n) is 16.1. The molecule has 0 saturated carbocycles. The van der Waals surface area contributed by atoms with Crippen LogP contribution in [0.5, 0.6) is 5.75 Å². The van der Waals surface area contributed by atoms with Crippen molar-refractivity contribution in [2.24, 2.45) is 10.9 Å². The van der Waals surface area contributed by atoms with E-state index < -0.39 is 10.0 Å². The van der Waals surface area contributed by atoms with Gasteiger partial charge in [-0.05, 0) is 38.0 Å². The second kappa shape index (κ2) is 8.59. The zero-order valence-corrected chi connectivity index (χ0v) is 17.8. The highest BCUT2D eigenvalue weighted by atomic mass is 32.2. The molecule has 0 unspecified atom stereocenters. The van der Waals surface area contributed by atoms with Crippen LogP contribution in [0.25, 0.3) is 10.2 Å². The highest BCUT2D eigenvalue weighted by Gasteiger charge is 2.28. The molecule has 2 heterocycles. The number of nitrogens with zero attached hydrogens (tertiary/aromatic N) is 3. The summed E-state index contributed by atoms with van der Waals surface area (Å²) in [5.74, 6) is 0.343. The molecule has 28 heavy (non-hydrogen) atoms. The maximum atomic E-state index is 12.7. The summed E-state index contributed by atoms with van der Waals surface area (Å²) in [6, 6.07) is 5.83. The SMILES string of the molecule is C=CCn1c(=NC(=O)C2CCN(S(C)(=O)=O)CC2)sc2cc(OCC)ccc21. The fourth-order valence-electron chi connectivity index (χ4n) is 3.32. The van der Waals surface area contributed by atoms with Gasteiger partial charge in [-0.3, -0.25) is 4.79 Å². The third kappa shape index (κ3) is 4.53. The molecule has 3 rings (SSSR count). The van der Waals surface area contributed by atoms with Gasteiger partial charge in [-0.2, -0.15) is 4.99 Å². The van der Waals surface area contributed by atoms with Gasteiger partial charge in [0.05, 0.1) is 23.1 Å². The number of allylic oxidation sites excluding steroid dienone is 1. The van der Waals surface area contributed by atoms with E-state index in [2.05, 4.69) is 11.6 Å². The first-order chi connectivity index (χ1) is 13.3. The van der Waals surface area contributed by atoms with Gasteiger partial charge in [-0.25, -0.2) is 12.7 Å². The van der Waals surface area contributed by atoms with Crippen LogP contribution in [0.15, 0.2) is 35.8 Å². The fraction of sp³-hybridized carbons (Fsp3) is 0.474. The van der Waals surface area contributed by atoms with Gasteiger partial charge in [-0.1, -0.05) is 17.4 Å². The Morgan fingerprint density at radius 1 is 1.39 bits per heavy atom. The molecule has 1 saturated heterocycles. The van der Waals surface area contributed by atoms with Gasteiger partial charge in [0, 0.05) is 25.6 Å². The first-order valence-corrected chi connectivity index (χ1v) is 11.9. The number of piperidine rings is 1. The maximum absolute atomic E-state index is 12.7. The molecule has 1 aliphatic rings. The van der Waals surface area contributed by atoms with Crippen molar-refractivity contribution in [1.82, 2.24) is 8.87 Å². The predicted molar refractivity (Wildman–Crippen MR) is 111 cm³/mol. The molecule has 2 aromatic rings. The first kappa shape index (κ1) is 20.8. The average Bonchev–Trinajstić information content (AvgIpc) is 2.98. The number of carbonyl (C=O) groups is 1. The molecule has 1 aromatic carbocycles. The lowest BCUT2D eigenvalue weighted by Crippen LogP contribution is -2.39. The number of hydrogen-bond acceptors (Lipinski definition) is 5.